The molecular formula is C43H45F5N6O6. The number of hydrogen-bond donors (Lipinski definition) is 0. The highest BCUT2D eigenvalue weighted by Gasteiger charge is 2.53. The van der Waals surface area contributed by atoms with Crippen molar-refractivity contribution >= 4 is 33.6 Å². The second-order valence-corrected chi connectivity index (χ2v) is 17.4. The molecule has 0 N–H and O–H groups in total. The highest BCUT2D eigenvalue weighted by Crippen LogP contribution is 2.47. The molecule has 2 aromatic carbocycles. The number of aromatic nitrogens is 3. The van der Waals surface area contributed by atoms with Crippen LogP contribution in [0.25, 0.3) is 32.9 Å². The van der Waals surface area contributed by atoms with E-state index in [9.17, 15) is 18.0 Å². The van der Waals surface area contributed by atoms with Crippen molar-refractivity contribution in [1.29, 1.82) is 0 Å². The van der Waals surface area contributed by atoms with Gasteiger partial charge in [-0.15, -0.1) is 19.6 Å². The largest absolute Gasteiger partial charge is 0.522 e. The minimum atomic E-state index is -4.78. The summed E-state index contributed by atoms with van der Waals surface area (Å²) in [5, 5.41) is 1.10. The van der Waals surface area contributed by atoms with Crippen molar-refractivity contribution in [2.75, 3.05) is 45.0 Å². The predicted molar refractivity (Wildman–Crippen MR) is 210 cm³/mol. The molecule has 4 fully saturated rings. The number of methoxy groups -OCH3 is 1. The first-order valence-electron chi connectivity index (χ1n) is 20.2. The van der Waals surface area contributed by atoms with Crippen molar-refractivity contribution in [3.05, 3.63) is 47.2 Å². The van der Waals surface area contributed by atoms with Crippen LogP contribution in [0.5, 0.6) is 11.8 Å². The number of carbonyl (C=O) groups is 1. The fourth-order valence-corrected chi connectivity index (χ4v) is 10.2. The van der Waals surface area contributed by atoms with E-state index in [2.05, 4.69) is 20.5 Å². The molecule has 1 unspecified atom stereocenters. The lowest BCUT2D eigenvalue weighted by atomic mass is 9.94. The number of halogens is 5. The number of rotatable bonds is 8. The van der Waals surface area contributed by atoms with Crippen molar-refractivity contribution < 1.29 is 50.4 Å². The standard InChI is InChI=1S/C43H45F5N6O6/c1-6-27-29(44)10-8-23-16-25(58-22-56-5)17-28(33(23)27)36-35(45)37-34-30(49-36)11-13-31-32-12-9-24(54(32)40(55)60-41(2,3)4)19-53(31)38(34)51-39(50-37)57-21-42-14-7-15-52(42)20-26(18-42)59-43(46,47)48/h1,8,10,16-17,24,26,31-32H,7,9,11-15,18-22H2,2-5H3/t24-,26-,31-,32+,42?/m1/s1. The fourth-order valence-electron chi connectivity index (χ4n) is 10.2. The number of piperazine rings is 1. The molecule has 1 amide bonds. The van der Waals surface area contributed by atoms with Gasteiger partial charge in [0, 0.05) is 31.1 Å². The average Bonchev–Trinajstić information content (AvgIpc) is 3.80. The van der Waals surface area contributed by atoms with E-state index in [1.165, 1.54) is 25.3 Å². The number of pyridine rings is 1. The highest BCUT2D eigenvalue weighted by atomic mass is 19.4. The summed E-state index contributed by atoms with van der Waals surface area (Å²) in [5.74, 6) is 1.60. The number of aryl methyl sites for hydroxylation is 1. The molecule has 0 spiro atoms. The minimum absolute atomic E-state index is 0.0580. The first kappa shape index (κ1) is 40.4. The van der Waals surface area contributed by atoms with Gasteiger partial charge in [0.2, 0.25) is 0 Å². The zero-order chi connectivity index (χ0) is 42.3. The molecule has 2 bridgehead atoms. The van der Waals surface area contributed by atoms with Crippen LogP contribution in [0, 0.1) is 24.0 Å². The van der Waals surface area contributed by atoms with Crippen LogP contribution in [0.1, 0.15) is 70.6 Å². The van der Waals surface area contributed by atoms with E-state index in [1.54, 1.807) is 6.07 Å². The van der Waals surface area contributed by atoms with Crippen LogP contribution >= 0.6 is 0 Å². The maximum absolute atomic E-state index is 17.7. The molecular weight excluding hydrogens is 791 g/mol. The second-order valence-electron chi connectivity index (χ2n) is 17.4. The number of benzene rings is 2. The SMILES string of the molecule is C#Cc1c(F)ccc2cc(OCOC)cc(-c3nc4c5c(nc(OCC67CCCN6C[C@H](OC(F)(F)F)C7)nc5c3F)N3C[C@H]5CC[C@@H]([C@H]3CC4)N5C(=O)OC(C)(C)C)c12. The maximum atomic E-state index is 17.7. The molecule has 12 nitrogen and oxygen atoms in total. The van der Waals surface area contributed by atoms with E-state index in [0.29, 0.717) is 66.8 Å². The van der Waals surface area contributed by atoms with E-state index in [-0.39, 0.29) is 78.2 Å². The van der Waals surface area contributed by atoms with Crippen LogP contribution in [0.3, 0.4) is 0 Å². The van der Waals surface area contributed by atoms with Crippen LogP contribution in [0.4, 0.5) is 32.6 Å². The van der Waals surface area contributed by atoms with Gasteiger partial charge >= 0.3 is 18.5 Å². The Morgan fingerprint density at radius 3 is 2.58 bits per heavy atom. The van der Waals surface area contributed by atoms with E-state index in [0.717, 1.165) is 12.8 Å². The van der Waals surface area contributed by atoms with Gasteiger partial charge in [-0.05, 0) is 95.8 Å². The molecule has 5 atom stereocenters. The van der Waals surface area contributed by atoms with Crippen LogP contribution in [-0.4, -0.2) is 113 Å². The zero-order valence-electron chi connectivity index (χ0n) is 33.7. The van der Waals surface area contributed by atoms with E-state index in [4.69, 9.17) is 35.3 Å². The highest BCUT2D eigenvalue weighted by molar-refractivity contribution is 6.03. The monoisotopic (exact) mass is 836 g/mol. The Morgan fingerprint density at radius 1 is 1.02 bits per heavy atom. The van der Waals surface area contributed by atoms with Crippen LogP contribution in [-0.2, 0) is 20.6 Å². The van der Waals surface area contributed by atoms with E-state index < -0.39 is 41.3 Å². The third kappa shape index (κ3) is 7.09. The summed E-state index contributed by atoms with van der Waals surface area (Å²) in [6, 6.07) is 5.05. The number of hydrogen-bond acceptors (Lipinski definition) is 11. The zero-order valence-corrected chi connectivity index (χ0v) is 33.7. The van der Waals surface area contributed by atoms with Gasteiger partial charge in [-0.2, -0.15) is 9.97 Å². The molecule has 318 valence electrons. The van der Waals surface area contributed by atoms with Gasteiger partial charge in [0.1, 0.15) is 40.8 Å². The van der Waals surface area contributed by atoms with Crippen molar-refractivity contribution in [3.63, 3.8) is 0 Å². The predicted octanol–water partition coefficient (Wildman–Crippen LogP) is 7.51. The maximum Gasteiger partial charge on any atom is 0.522 e. The Morgan fingerprint density at radius 2 is 1.83 bits per heavy atom. The number of anilines is 1. The molecule has 9 rings (SSSR count). The Bertz CT molecular complexity index is 2420. The fraction of sp³-hybridized carbons (Fsp3) is 0.535. The molecule has 4 saturated heterocycles. The van der Waals surface area contributed by atoms with Crippen molar-refractivity contribution in [3.8, 4) is 35.4 Å². The molecule has 2 aromatic heterocycles. The van der Waals surface area contributed by atoms with E-state index in [1.807, 2.05) is 30.6 Å². The number of carbonyl (C=O) groups excluding carboxylic acids is 1. The second kappa shape index (κ2) is 14.8. The molecule has 5 aliphatic rings. The van der Waals surface area contributed by atoms with Crippen molar-refractivity contribution in [1.82, 2.24) is 24.8 Å². The summed E-state index contributed by atoms with van der Waals surface area (Å²) >= 11 is 0. The Balaban J connectivity index is 1.19. The third-order valence-electron chi connectivity index (χ3n) is 12.5. The van der Waals surface area contributed by atoms with Gasteiger partial charge in [-0.25, -0.2) is 18.6 Å². The minimum Gasteiger partial charge on any atom is -0.468 e. The van der Waals surface area contributed by atoms with Crippen LogP contribution in [0.2, 0.25) is 0 Å². The average molecular weight is 837 g/mol. The lowest BCUT2D eigenvalue weighted by molar-refractivity contribution is -0.340. The van der Waals surface area contributed by atoms with Crippen molar-refractivity contribution in [2.24, 2.45) is 0 Å². The Kier molecular flexibility index (Phi) is 9.98. The number of nitrogens with zero attached hydrogens (tertiary/aromatic N) is 6. The van der Waals surface area contributed by atoms with E-state index >= 15 is 8.78 Å². The summed E-state index contributed by atoms with van der Waals surface area (Å²) in [7, 11) is 1.46. The molecule has 60 heavy (non-hydrogen) atoms. The molecule has 17 heteroatoms. The smallest absolute Gasteiger partial charge is 0.468 e. The molecule has 0 radical (unpaired) electrons. The summed E-state index contributed by atoms with van der Waals surface area (Å²) in [6.07, 6.45) is 3.31. The summed E-state index contributed by atoms with van der Waals surface area (Å²) < 4.78 is 101. The Labute approximate surface area is 343 Å². The van der Waals surface area contributed by atoms with Gasteiger partial charge in [0.05, 0.1) is 46.4 Å². The summed E-state index contributed by atoms with van der Waals surface area (Å²) in [5.41, 5.74) is -1.16. The van der Waals surface area contributed by atoms with Gasteiger partial charge in [-0.3, -0.25) is 14.5 Å². The number of terminal acetylenes is 1. The molecule has 5 aliphatic heterocycles. The number of fused-ring (bicyclic) bond motifs is 7. The van der Waals surface area contributed by atoms with Gasteiger partial charge in [0.15, 0.2) is 12.6 Å². The lowest BCUT2D eigenvalue weighted by Gasteiger charge is -2.47. The first-order chi connectivity index (χ1) is 28.6. The molecule has 4 aromatic rings. The summed E-state index contributed by atoms with van der Waals surface area (Å²) in [6.45, 7) is 6.34. The normalized spacial score (nSPS) is 25.0. The topological polar surface area (TPSA) is 112 Å². The van der Waals surface area contributed by atoms with Gasteiger partial charge in [-0.1, -0.05) is 12.0 Å². The molecule has 0 aliphatic carbocycles. The molecule has 7 heterocycles. The van der Waals surface area contributed by atoms with Crippen LogP contribution < -0.4 is 14.4 Å². The Hall–Kier alpha value is -5.05. The number of ether oxygens (including phenoxy) is 5. The van der Waals surface area contributed by atoms with Gasteiger partial charge in [0.25, 0.3) is 0 Å². The van der Waals surface area contributed by atoms with Gasteiger partial charge < -0.3 is 23.8 Å². The lowest BCUT2D eigenvalue weighted by Crippen LogP contribution is -2.62. The summed E-state index contributed by atoms with van der Waals surface area (Å²) in [4.78, 5) is 34.1. The van der Waals surface area contributed by atoms with Crippen LogP contribution in [0.15, 0.2) is 24.3 Å². The molecule has 0 saturated carbocycles. The quantitative estimate of drug-likeness (QED) is 0.0999. The third-order valence-corrected chi connectivity index (χ3v) is 12.5. The number of alkyl halides is 3. The number of amides is 1. The van der Waals surface area contributed by atoms with Crippen molar-refractivity contribution in [2.45, 2.75) is 107 Å². The first-order valence-corrected chi connectivity index (χ1v) is 20.2.